The van der Waals surface area contributed by atoms with E-state index in [2.05, 4.69) is 17.3 Å². The Bertz CT molecular complexity index is 862. The van der Waals surface area contributed by atoms with E-state index in [0.717, 1.165) is 11.1 Å². The highest BCUT2D eigenvalue weighted by atomic mass is 16.2. The first-order valence-corrected chi connectivity index (χ1v) is 7.10. The Morgan fingerprint density at radius 3 is 2.64 bits per heavy atom. The summed E-state index contributed by atoms with van der Waals surface area (Å²) in [6, 6.07) is 12.9. The molecule has 112 valence electrons. The number of rotatable bonds is 4. The van der Waals surface area contributed by atoms with E-state index in [0.29, 0.717) is 11.3 Å². The van der Waals surface area contributed by atoms with Crippen LogP contribution in [0.15, 0.2) is 53.5 Å². The summed E-state index contributed by atoms with van der Waals surface area (Å²) in [4.78, 5) is 24.1. The van der Waals surface area contributed by atoms with E-state index in [1.54, 1.807) is 24.4 Å². The molecule has 6 heteroatoms. The minimum Gasteiger partial charge on any atom is -0.324 e. The molecule has 1 N–H and O–H groups in total. The monoisotopic (exact) mass is 296 g/mol. The third-order valence-corrected chi connectivity index (χ3v) is 3.43. The molecular weight excluding hydrogens is 280 g/mol. The van der Waals surface area contributed by atoms with Crippen molar-refractivity contribution in [1.82, 2.24) is 14.2 Å². The molecule has 0 bridgehead atoms. The summed E-state index contributed by atoms with van der Waals surface area (Å²) in [6.07, 6.45) is 2.58. The van der Waals surface area contributed by atoms with E-state index in [1.165, 1.54) is 9.96 Å². The average molecular weight is 296 g/mol. The Balaban J connectivity index is 1.75. The fourth-order valence-electron chi connectivity index (χ4n) is 2.23. The lowest BCUT2D eigenvalue weighted by Gasteiger charge is -2.05. The predicted octanol–water partition coefficient (Wildman–Crippen LogP) is 1.70. The smallest absolute Gasteiger partial charge is 0.324 e. The average Bonchev–Trinajstić information content (AvgIpc) is 2.84. The highest BCUT2D eigenvalue weighted by Gasteiger charge is 2.10. The number of pyridine rings is 1. The summed E-state index contributed by atoms with van der Waals surface area (Å²) in [6.45, 7) is 1.96. The van der Waals surface area contributed by atoms with Crippen LogP contribution in [0.2, 0.25) is 0 Å². The summed E-state index contributed by atoms with van der Waals surface area (Å²) in [5.41, 5.74) is 2.10. The number of fused-ring (bicyclic) bond motifs is 1. The molecule has 0 saturated heterocycles. The molecule has 0 aliphatic rings. The van der Waals surface area contributed by atoms with Gasteiger partial charge in [0, 0.05) is 11.9 Å². The molecule has 0 spiro atoms. The molecule has 3 rings (SSSR count). The van der Waals surface area contributed by atoms with Gasteiger partial charge in [-0.15, -0.1) is 5.10 Å². The van der Waals surface area contributed by atoms with Crippen molar-refractivity contribution >= 4 is 17.2 Å². The van der Waals surface area contributed by atoms with E-state index in [4.69, 9.17) is 0 Å². The maximum absolute atomic E-state index is 12.1. The van der Waals surface area contributed by atoms with Crippen LogP contribution in [-0.2, 0) is 17.8 Å². The van der Waals surface area contributed by atoms with Crippen molar-refractivity contribution < 1.29 is 4.79 Å². The summed E-state index contributed by atoms with van der Waals surface area (Å²) in [5, 5.41) is 6.89. The van der Waals surface area contributed by atoms with Gasteiger partial charge in [0.15, 0.2) is 5.65 Å². The van der Waals surface area contributed by atoms with Gasteiger partial charge in [0.1, 0.15) is 6.54 Å². The Labute approximate surface area is 127 Å². The minimum atomic E-state index is -0.327. The van der Waals surface area contributed by atoms with Crippen molar-refractivity contribution in [3.63, 3.8) is 0 Å². The minimum absolute atomic E-state index is 0.115. The summed E-state index contributed by atoms with van der Waals surface area (Å²) in [5.74, 6) is -0.283. The van der Waals surface area contributed by atoms with Crippen molar-refractivity contribution in [2.45, 2.75) is 19.9 Å². The molecule has 3 aromatic rings. The number of aryl methyl sites for hydroxylation is 1. The first-order valence-electron chi connectivity index (χ1n) is 7.10. The summed E-state index contributed by atoms with van der Waals surface area (Å²) in [7, 11) is 0. The normalized spacial score (nSPS) is 10.8. The van der Waals surface area contributed by atoms with Crippen LogP contribution >= 0.6 is 0 Å². The van der Waals surface area contributed by atoms with Gasteiger partial charge in [0.25, 0.3) is 0 Å². The van der Waals surface area contributed by atoms with Gasteiger partial charge in [0.05, 0.1) is 0 Å². The van der Waals surface area contributed by atoms with Gasteiger partial charge in [0.2, 0.25) is 5.91 Å². The van der Waals surface area contributed by atoms with E-state index in [1.807, 2.05) is 24.3 Å². The van der Waals surface area contributed by atoms with Crippen molar-refractivity contribution in [1.29, 1.82) is 0 Å². The number of aromatic nitrogens is 3. The van der Waals surface area contributed by atoms with Crippen molar-refractivity contribution in [2.24, 2.45) is 0 Å². The van der Waals surface area contributed by atoms with Crippen LogP contribution in [0.5, 0.6) is 0 Å². The second-order valence-electron chi connectivity index (χ2n) is 4.97. The number of carbonyl (C=O) groups is 1. The van der Waals surface area contributed by atoms with Gasteiger partial charge in [-0.2, -0.15) is 0 Å². The maximum Gasteiger partial charge on any atom is 0.350 e. The SMILES string of the molecule is CCc1ccc(NC(=O)Cn2nc3ccccn3c2=O)cc1. The molecule has 1 amide bonds. The van der Waals surface area contributed by atoms with Gasteiger partial charge in [-0.3, -0.25) is 9.20 Å². The Kier molecular flexibility index (Phi) is 3.74. The molecule has 0 unspecified atom stereocenters. The van der Waals surface area contributed by atoms with Crippen LogP contribution in [-0.4, -0.2) is 20.1 Å². The van der Waals surface area contributed by atoms with Gasteiger partial charge in [-0.1, -0.05) is 25.1 Å². The highest BCUT2D eigenvalue weighted by molar-refractivity contribution is 5.90. The Hall–Kier alpha value is -2.89. The zero-order valence-corrected chi connectivity index (χ0v) is 12.2. The largest absolute Gasteiger partial charge is 0.350 e. The van der Waals surface area contributed by atoms with Gasteiger partial charge >= 0.3 is 5.69 Å². The van der Waals surface area contributed by atoms with Crippen molar-refractivity contribution in [3.8, 4) is 0 Å². The van der Waals surface area contributed by atoms with Crippen LogP contribution in [0, 0.1) is 0 Å². The van der Waals surface area contributed by atoms with Crippen LogP contribution in [0.1, 0.15) is 12.5 Å². The molecule has 2 heterocycles. The third kappa shape index (κ3) is 2.76. The van der Waals surface area contributed by atoms with Gasteiger partial charge < -0.3 is 5.32 Å². The van der Waals surface area contributed by atoms with E-state index in [9.17, 15) is 9.59 Å². The Morgan fingerprint density at radius 2 is 1.95 bits per heavy atom. The van der Waals surface area contributed by atoms with Crippen LogP contribution < -0.4 is 11.0 Å². The lowest BCUT2D eigenvalue weighted by molar-refractivity contribution is -0.117. The zero-order chi connectivity index (χ0) is 15.5. The number of carbonyl (C=O) groups excluding carboxylic acids is 1. The number of amides is 1. The molecule has 6 nitrogen and oxygen atoms in total. The quantitative estimate of drug-likeness (QED) is 0.796. The Morgan fingerprint density at radius 1 is 1.18 bits per heavy atom. The lowest BCUT2D eigenvalue weighted by atomic mass is 10.1. The van der Waals surface area contributed by atoms with Crippen LogP contribution in [0.3, 0.4) is 0 Å². The predicted molar refractivity (Wildman–Crippen MR) is 83.9 cm³/mol. The standard InChI is InChI=1S/C16H16N4O2/c1-2-12-6-8-13(9-7-12)17-15(21)11-20-16(22)19-10-4-3-5-14(19)18-20/h3-10H,2,11H2,1H3,(H,17,21). The zero-order valence-electron chi connectivity index (χ0n) is 12.2. The first-order chi connectivity index (χ1) is 10.7. The highest BCUT2D eigenvalue weighted by Crippen LogP contribution is 2.09. The van der Waals surface area contributed by atoms with E-state index < -0.39 is 0 Å². The van der Waals surface area contributed by atoms with E-state index >= 15 is 0 Å². The second-order valence-corrected chi connectivity index (χ2v) is 4.97. The number of nitrogens with one attached hydrogen (secondary N) is 1. The number of benzene rings is 1. The molecule has 1 aromatic carbocycles. The third-order valence-electron chi connectivity index (χ3n) is 3.43. The number of nitrogens with zero attached hydrogens (tertiary/aromatic N) is 3. The molecule has 0 aliphatic heterocycles. The second kappa shape index (κ2) is 5.85. The summed E-state index contributed by atoms with van der Waals surface area (Å²) < 4.78 is 2.56. The van der Waals surface area contributed by atoms with Crippen molar-refractivity contribution in [3.05, 3.63) is 64.7 Å². The van der Waals surface area contributed by atoms with Crippen LogP contribution in [0.4, 0.5) is 5.69 Å². The van der Waals surface area contributed by atoms with Gasteiger partial charge in [-0.05, 0) is 36.2 Å². The molecule has 0 aliphatic carbocycles. The molecule has 22 heavy (non-hydrogen) atoms. The topological polar surface area (TPSA) is 68.4 Å². The fourth-order valence-corrected chi connectivity index (χ4v) is 2.23. The molecule has 0 saturated carbocycles. The number of hydrogen-bond acceptors (Lipinski definition) is 3. The van der Waals surface area contributed by atoms with Gasteiger partial charge in [-0.25, -0.2) is 9.48 Å². The molecular formula is C16H16N4O2. The molecule has 2 aromatic heterocycles. The maximum atomic E-state index is 12.1. The van der Waals surface area contributed by atoms with Crippen molar-refractivity contribution in [2.75, 3.05) is 5.32 Å². The molecule has 0 radical (unpaired) electrons. The summed E-state index contributed by atoms with van der Waals surface area (Å²) >= 11 is 0. The fraction of sp³-hybridized carbons (Fsp3) is 0.188. The molecule has 0 fully saturated rings. The number of anilines is 1. The first kappa shape index (κ1) is 14.1. The van der Waals surface area contributed by atoms with E-state index in [-0.39, 0.29) is 18.1 Å². The van der Waals surface area contributed by atoms with Crippen LogP contribution in [0.25, 0.3) is 5.65 Å². The lowest BCUT2D eigenvalue weighted by Crippen LogP contribution is -2.28. The molecule has 0 atom stereocenters. The number of hydrogen-bond donors (Lipinski definition) is 1.